The average Bonchev–Trinajstić information content (AvgIpc) is 3.11. The lowest BCUT2D eigenvalue weighted by Crippen LogP contribution is -2.34. The molecular weight excluding hydrogens is 335 g/mol. The molecule has 1 aromatic carbocycles. The van der Waals surface area contributed by atoms with Gasteiger partial charge in [-0.3, -0.25) is 9.59 Å². The summed E-state index contributed by atoms with van der Waals surface area (Å²) in [5.74, 6) is -1.00. The molecule has 1 aromatic heterocycles. The highest BCUT2D eigenvalue weighted by Crippen LogP contribution is 2.27. The Morgan fingerprint density at radius 1 is 1.23 bits per heavy atom. The largest absolute Gasteiger partial charge is 0.466 e. The first kappa shape index (κ1) is 18.0. The predicted molar refractivity (Wildman–Crippen MR) is 94.9 cm³/mol. The Bertz CT molecular complexity index is 809. The highest BCUT2D eigenvalue weighted by Gasteiger charge is 2.32. The molecule has 6 heteroatoms. The number of aromatic nitrogens is 1. The first-order valence-corrected chi connectivity index (χ1v) is 8.77. The normalized spacial score (nSPS) is 19.2. The summed E-state index contributed by atoms with van der Waals surface area (Å²) < 4.78 is 18.4. The molecule has 1 heterocycles. The van der Waals surface area contributed by atoms with Crippen LogP contribution in [0.2, 0.25) is 0 Å². The van der Waals surface area contributed by atoms with Crippen LogP contribution >= 0.6 is 0 Å². The van der Waals surface area contributed by atoms with Crippen molar-refractivity contribution >= 4 is 11.9 Å². The highest BCUT2D eigenvalue weighted by molar-refractivity contribution is 5.93. The van der Waals surface area contributed by atoms with Gasteiger partial charge in [-0.2, -0.15) is 0 Å². The zero-order valence-corrected chi connectivity index (χ0v) is 14.6. The van der Waals surface area contributed by atoms with Gasteiger partial charge in [-0.25, -0.2) is 9.37 Å². The van der Waals surface area contributed by atoms with E-state index in [4.69, 9.17) is 4.74 Å². The molecule has 1 amide bonds. The van der Waals surface area contributed by atoms with Gasteiger partial charge in [0, 0.05) is 11.6 Å². The Labute approximate surface area is 151 Å². The van der Waals surface area contributed by atoms with E-state index in [0.29, 0.717) is 30.7 Å². The van der Waals surface area contributed by atoms with Crippen molar-refractivity contribution < 1.29 is 18.7 Å². The molecule has 0 radical (unpaired) electrons. The molecule has 1 fully saturated rings. The van der Waals surface area contributed by atoms with Gasteiger partial charge in [-0.1, -0.05) is 18.2 Å². The van der Waals surface area contributed by atoms with E-state index in [1.165, 1.54) is 12.1 Å². The fourth-order valence-corrected chi connectivity index (χ4v) is 3.22. The van der Waals surface area contributed by atoms with Gasteiger partial charge in [0.1, 0.15) is 11.5 Å². The van der Waals surface area contributed by atoms with Gasteiger partial charge in [0.25, 0.3) is 5.91 Å². The lowest BCUT2D eigenvalue weighted by Gasteiger charge is -2.13. The molecule has 136 valence electrons. The van der Waals surface area contributed by atoms with E-state index < -0.39 is 0 Å². The van der Waals surface area contributed by atoms with E-state index in [-0.39, 0.29) is 35.3 Å². The Kier molecular flexibility index (Phi) is 5.61. The van der Waals surface area contributed by atoms with Gasteiger partial charge < -0.3 is 10.1 Å². The number of nitrogens with zero attached hydrogens (tertiary/aromatic N) is 1. The molecule has 1 aliphatic rings. The summed E-state index contributed by atoms with van der Waals surface area (Å²) in [5.41, 5.74) is 1.42. The molecule has 5 nitrogen and oxygen atoms in total. The lowest BCUT2D eigenvalue weighted by atomic mass is 10.1. The summed E-state index contributed by atoms with van der Waals surface area (Å²) in [6.45, 7) is 2.15. The molecule has 1 aliphatic carbocycles. The van der Waals surface area contributed by atoms with Crippen LogP contribution < -0.4 is 5.32 Å². The highest BCUT2D eigenvalue weighted by atomic mass is 19.1. The third-order valence-electron chi connectivity index (χ3n) is 4.49. The SMILES string of the molecule is CCOC(=O)[C@H]1CC[C@@H](NC(=O)c2cccc(-c3cccc(F)c3)n2)C1. The van der Waals surface area contributed by atoms with Crippen LogP contribution in [0.1, 0.15) is 36.7 Å². The van der Waals surface area contributed by atoms with Gasteiger partial charge in [0.15, 0.2) is 0 Å². The second kappa shape index (κ2) is 8.08. The molecule has 0 aliphatic heterocycles. The van der Waals surface area contributed by atoms with Gasteiger partial charge in [0.05, 0.1) is 18.2 Å². The number of carbonyl (C=O) groups excluding carboxylic acids is 2. The first-order chi connectivity index (χ1) is 12.6. The smallest absolute Gasteiger partial charge is 0.308 e. The number of hydrogen-bond acceptors (Lipinski definition) is 4. The number of carbonyl (C=O) groups is 2. The summed E-state index contributed by atoms with van der Waals surface area (Å²) in [5, 5.41) is 2.93. The standard InChI is InChI=1S/C20H21FN2O3/c1-2-26-20(25)14-9-10-16(12-14)22-19(24)18-8-4-7-17(23-18)13-5-3-6-15(21)11-13/h3-8,11,14,16H,2,9-10,12H2,1H3,(H,22,24)/t14-,16+/m0/s1. The minimum atomic E-state index is -0.352. The monoisotopic (exact) mass is 356 g/mol. The van der Waals surface area contributed by atoms with Crippen LogP contribution in [-0.4, -0.2) is 29.5 Å². The van der Waals surface area contributed by atoms with E-state index in [1.807, 2.05) is 0 Å². The van der Waals surface area contributed by atoms with Crippen LogP contribution in [0.3, 0.4) is 0 Å². The average molecular weight is 356 g/mol. The van der Waals surface area contributed by atoms with E-state index in [0.717, 1.165) is 6.42 Å². The van der Waals surface area contributed by atoms with Crippen LogP contribution in [-0.2, 0) is 9.53 Å². The third-order valence-corrected chi connectivity index (χ3v) is 4.49. The molecule has 0 bridgehead atoms. The molecule has 0 unspecified atom stereocenters. The molecule has 0 spiro atoms. The summed E-state index contributed by atoms with van der Waals surface area (Å²) >= 11 is 0. The molecular formula is C20H21FN2O3. The summed E-state index contributed by atoms with van der Waals surface area (Å²) in [6, 6.07) is 11.1. The van der Waals surface area contributed by atoms with E-state index in [2.05, 4.69) is 10.3 Å². The molecule has 1 N–H and O–H groups in total. The number of esters is 1. The predicted octanol–water partition coefficient (Wildman–Crippen LogP) is 3.35. The maximum Gasteiger partial charge on any atom is 0.308 e. The zero-order chi connectivity index (χ0) is 18.5. The fourth-order valence-electron chi connectivity index (χ4n) is 3.22. The maximum absolute atomic E-state index is 13.4. The molecule has 2 aromatic rings. The van der Waals surface area contributed by atoms with Gasteiger partial charge in [0.2, 0.25) is 0 Å². The molecule has 0 saturated heterocycles. The molecule has 26 heavy (non-hydrogen) atoms. The minimum Gasteiger partial charge on any atom is -0.466 e. The van der Waals surface area contributed by atoms with Crippen molar-refractivity contribution in [1.82, 2.24) is 10.3 Å². The van der Waals surface area contributed by atoms with Crippen molar-refractivity contribution in [3.8, 4) is 11.3 Å². The van der Waals surface area contributed by atoms with E-state index in [1.54, 1.807) is 37.3 Å². The topological polar surface area (TPSA) is 68.3 Å². The third kappa shape index (κ3) is 4.25. The van der Waals surface area contributed by atoms with Crippen molar-refractivity contribution in [2.75, 3.05) is 6.61 Å². The van der Waals surface area contributed by atoms with Crippen LogP contribution in [0.5, 0.6) is 0 Å². The van der Waals surface area contributed by atoms with Crippen molar-refractivity contribution in [1.29, 1.82) is 0 Å². The van der Waals surface area contributed by atoms with E-state index in [9.17, 15) is 14.0 Å². The number of hydrogen-bond donors (Lipinski definition) is 1. The minimum absolute atomic E-state index is 0.0727. The fraction of sp³-hybridized carbons (Fsp3) is 0.350. The Morgan fingerprint density at radius 2 is 2.04 bits per heavy atom. The number of halogens is 1. The number of amides is 1. The van der Waals surface area contributed by atoms with Crippen LogP contribution in [0.15, 0.2) is 42.5 Å². The maximum atomic E-state index is 13.4. The van der Waals surface area contributed by atoms with Crippen LogP contribution in [0.25, 0.3) is 11.3 Å². The zero-order valence-electron chi connectivity index (χ0n) is 14.6. The summed E-state index contributed by atoms with van der Waals surface area (Å²) in [4.78, 5) is 28.6. The van der Waals surface area contributed by atoms with Crippen molar-refractivity contribution in [2.45, 2.75) is 32.2 Å². The van der Waals surface area contributed by atoms with Gasteiger partial charge >= 0.3 is 5.97 Å². The number of rotatable bonds is 5. The van der Waals surface area contributed by atoms with Crippen molar-refractivity contribution in [3.63, 3.8) is 0 Å². The van der Waals surface area contributed by atoms with E-state index >= 15 is 0 Å². The Balaban J connectivity index is 1.66. The number of nitrogens with one attached hydrogen (secondary N) is 1. The first-order valence-electron chi connectivity index (χ1n) is 8.77. The van der Waals surface area contributed by atoms with Crippen LogP contribution in [0, 0.1) is 11.7 Å². The Hall–Kier alpha value is -2.76. The van der Waals surface area contributed by atoms with Crippen molar-refractivity contribution in [3.05, 3.63) is 54.0 Å². The lowest BCUT2D eigenvalue weighted by molar-refractivity contribution is -0.147. The Morgan fingerprint density at radius 3 is 2.81 bits per heavy atom. The van der Waals surface area contributed by atoms with Gasteiger partial charge in [-0.05, 0) is 50.5 Å². The van der Waals surface area contributed by atoms with Crippen LogP contribution in [0.4, 0.5) is 4.39 Å². The molecule has 3 rings (SSSR count). The number of pyridine rings is 1. The molecule has 2 atom stereocenters. The van der Waals surface area contributed by atoms with Gasteiger partial charge in [-0.15, -0.1) is 0 Å². The molecule has 1 saturated carbocycles. The van der Waals surface area contributed by atoms with Crippen molar-refractivity contribution in [2.24, 2.45) is 5.92 Å². The second-order valence-electron chi connectivity index (χ2n) is 6.35. The summed E-state index contributed by atoms with van der Waals surface area (Å²) in [7, 11) is 0. The summed E-state index contributed by atoms with van der Waals surface area (Å²) in [6.07, 6.45) is 2.02. The second-order valence-corrected chi connectivity index (χ2v) is 6.35. The number of ether oxygens (including phenoxy) is 1. The quantitative estimate of drug-likeness (QED) is 0.834. The number of benzene rings is 1.